The molecule has 0 spiro atoms. The first kappa shape index (κ1) is 21.8. The van der Waals surface area contributed by atoms with Crippen LogP contribution >= 0.6 is 0 Å². The first-order valence-corrected chi connectivity index (χ1v) is 11.8. The summed E-state index contributed by atoms with van der Waals surface area (Å²) in [6, 6.07) is 0. The lowest BCUT2D eigenvalue weighted by Gasteiger charge is -2.52. The third kappa shape index (κ3) is 6.33. The van der Waals surface area contributed by atoms with Gasteiger partial charge in [-0.2, -0.15) is 0 Å². The molecule has 3 saturated heterocycles. The molecule has 3 aliphatic heterocycles. The number of hydrogen-bond acceptors (Lipinski definition) is 5. The van der Waals surface area contributed by atoms with Gasteiger partial charge in [0.2, 0.25) is 0 Å². The number of amides is 1. The van der Waals surface area contributed by atoms with Crippen LogP contribution in [0.2, 0.25) is 0 Å². The molecule has 0 saturated carbocycles. The summed E-state index contributed by atoms with van der Waals surface area (Å²) in [5.74, 6) is 0. The number of likely N-dealkylation sites (tertiary alicyclic amines) is 3. The fraction of sp³-hybridized carbons (Fsp3) is 0.955. The van der Waals surface area contributed by atoms with E-state index in [2.05, 4.69) is 20.0 Å². The molecule has 0 bridgehead atoms. The van der Waals surface area contributed by atoms with Gasteiger partial charge >= 0.3 is 6.09 Å². The van der Waals surface area contributed by atoms with Crippen LogP contribution in [0.5, 0.6) is 0 Å². The van der Waals surface area contributed by atoms with Gasteiger partial charge in [0.25, 0.3) is 0 Å². The quantitative estimate of drug-likeness (QED) is 0.642. The smallest absolute Gasteiger partial charge is 0.406 e. The normalized spacial score (nSPS) is 24.8. The van der Waals surface area contributed by atoms with Crippen LogP contribution in [0.25, 0.3) is 0 Å². The summed E-state index contributed by atoms with van der Waals surface area (Å²) in [6.07, 6.45) is 12.8. The van der Waals surface area contributed by atoms with Gasteiger partial charge in [0.15, 0.2) is 0 Å². The van der Waals surface area contributed by atoms with Crippen LogP contribution in [0.1, 0.15) is 64.2 Å². The predicted molar refractivity (Wildman–Crippen MR) is 114 cm³/mol. The Bertz CT molecular complexity index is 441. The van der Waals surface area contributed by atoms with Crippen molar-refractivity contribution in [3.8, 4) is 0 Å². The van der Waals surface area contributed by atoms with E-state index in [1.54, 1.807) is 7.05 Å². The lowest BCUT2D eigenvalue weighted by molar-refractivity contribution is -0.0211. The maximum atomic E-state index is 11.4. The van der Waals surface area contributed by atoms with E-state index in [-0.39, 0.29) is 11.6 Å². The number of nitrogens with zero attached hydrogens (tertiary/aromatic N) is 3. The number of piperidine rings is 3. The van der Waals surface area contributed by atoms with E-state index < -0.39 is 0 Å². The standard InChI is InChI=1S/C22H42N4O2/c1-23-21(27)28-18-10-17-26-16-9-4-11-22(26,19-24-12-5-2-6-13-24)20-25-14-7-3-8-15-25/h2-20H2,1H3,(H,23,27). The Balaban J connectivity index is 1.64. The average Bonchev–Trinajstić information content (AvgIpc) is 2.73. The van der Waals surface area contributed by atoms with Gasteiger partial charge in [-0.3, -0.25) is 4.90 Å². The molecule has 1 amide bonds. The summed E-state index contributed by atoms with van der Waals surface area (Å²) in [4.78, 5) is 19.6. The van der Waals surface area contributed by atoms with Crippen LogP contribution in [0.15, 0.2) is 0 Å². The summed E-state index contributed by atoms with van der Waals surface area (Å²) in [5.41, 5.74) is 0.278. The van der Waals surface area contributed by atoms with Crippen LogP contribution in [-0.2, 0) is 4.74 Å². The van der Waals surface area contributed by atoms with E-state index >= 15 is 0 Å². The van der Waals surface area contributed by atoms with Crippen molar-refractivity contribution in [3.63, 3.8) is 0 Å². The lowest BCUT2D eigenvalue weighted by Crippen LogP contribution is -2.64. The minimum absolute atomic E-state index is 0.278. The molecule has 0 aromatic heterocycles. The monoisotopic (exact) mass is 394 g/mol. The molecule has 1 N–H and O–H groups in total. The minimum atomic E-state index is -0.313. The van der Waals surface area contributed by atoms with Gasteiger partial charge in [0.05, 0.1) is 6.61 Å². The second-order valence-electron chi connectivity index (χ2n) is 9.08. The second-order valence-corrected chi connectivity index (χ2v) is 9.08. The van der Waals surface area contributed by atoms with Gasteiger partial charge < -0.3 is 19.9 Å². The number of alkyl carbamates (subject to hydrolysis) is 1. The zero-order chi connectivity index (χ0) is 19.7. The van der Waals surface area contributed by atoms with Crippen molar-refractivity contribution in [3.05, 3.63) is 0 Å². The van der Waals surface area contributed by atoms with Gasteiger partial charge in [0.1, 0.15) is 0 Å². The van der Waals surface area contributed by atoms with Crippen molar-refractivity contribution in [2.75, 3.05) is 66.0 Å². The van der Waals surface area contributed by atoms with Crippen molar-refractivity contribution >= 4 is 6.09 Å². The Hall–Kier alpha value is -0.850. The van der Waals surface area contributed by atoms with E-state index in [0.29, 0.717) is 6.61 Å². The minimum Gasteiger partial charge on any atom is -0.450 e. The van der Waals surface area contributed by atoms with Crippen LogP contribution in [0, 0.1) is 0 Å². The highest BCUT2D eigenvalue weighted by Crippen LogP contribution is 2.32. The largest absolute Gasteiger partial charge is 0.450 e. The molecule has 0 unspecified atom stereocenters. The van der Waals surface area contributed by atoms with Gasteiger partial charge in [-0.05, 0) is 77.7 Å². The molecule has 0 radical (unpaired) electrons. The van der Waals surface area contributed by atoms with Crippen molar-refractivity contribution < 1.29 is 9.53 Å². The average molecular weight is 395 g/mol. The zero-order valence-electron chi connectivity index (χ0n) is 18.1. The maximum absolute atomic E-state index is 11.4. The molecule has 0 aliphatic carbocycles. The van der Waals surface area contributed by atoms with E-state index in [4.69, 9.17) is 4.74 Å². The number of rotatable bonds is 8. The Labute approximate surface area is 171 Å². The second kappa shape index (κ2) is 11.4. The van der Waals surface area contributed by atoms with E-state index in [9.17, 15) is 4.79 Å². The molecule has 0 atom stereocenters. The third-order valence-corrected chi connectivity index (χ3v) is 6.93. The van der Waals surface area contributed by atoms with Crippen molar-refractivity contribution in [1.29, 1.82) is 0 Å². The highest BCUT2D eigenvalue weighted by atomic mass is 16.5. The maximum Gasteiger partial charge on any atom is 0.406 e. The molecule has 0 aromatic rings. The van der Waals surface area contributed by atoms with Crippen LogP contribution in [0.3, 0.4) is 0 Å². The van der Waals surface area contributed by atoms with E-state index in [1.165, 1.54) is 104 Å². The lowest BCUT2D eigenvalue weighted by atomic mass is 9.84. The number of carbonyl (C=O) groups excluding carboxylic acids is 1. The molecular weight excluding hydrogens is 352 g/mol. The molecule has 162 valence electrons. The summed E-state index contributed by atoms with van der Waals surface area (Å²) in [7, 11) is 1.62. The number of ether oxygens (including phenoxy) is 1. The topological polar surface area (TPSA) is 48.1 Å². The van der Waals surface area contributed by atoms with Crippen molar-refractivity contribution in [2.24, 2.45) is 0 Å². The fourth-order valence-corrected chi connectivity index (χ4v) is 5.47. The third-order valence-electron chi connectivity index (χ3n) is 6.93. The highest BCUT2D eigenvalue weighted by molar-refractivity contribution is 5.66. The van der Waals surface area contributed by atoms with Gasteiger partial charge in [-0.25, -0.2) is 4.79 Å². The number of hydrogen-bond donors (Lipinski definition) is 1. The fourth-order valence-electron chi connectivity index (χ4n) is 5.47. The summed E-state index contributed by atoms with van der Waals surface area (Å²) >= 11 is 0. The van der Waals surface area contributed by atoms with Crippen molar-refractivity contribution in [2.45, 2.75) is 69.7 Å². The molecule has 28 heavy (non-hydrogen) atoms. The zero-order valence-corrected chi connectivity index (χ0v) is 18.1. The molecule has 6 heteroatoms. The van der Waals surface area contributed by atoms with Gasteiger partial charge in [0, 0.05) is 32.2 Å². The van der Waals surface area contributed by atoms with Crippen LogP contribution in [-0.4, -0.2) is 92.3 Å². The van der Waals surface area contributed by atoms with E-state index in [1.807, 2.05) is 0 Å². The molecule has 3 fully saturated rings. The van der Waals surface area contributed by atoms with E-state index in [0.717, 1.165) is 13.0 Å². The van der Waals surface area contributed by atoms with Crippen LogP contribution in [0.4, 0.5) is 4.79 Å². The van der Waals surface area contributed by atoms with Gasteiger partial charge in [-0.1, -0.05) is 19.3 Å². The predicted octanol–water partition coefficient (Wildman–Crippen LogP) is 2.93. The van der Waals surface area contributed by atoms with Crippen LogP contribution < -0.4 is 5.32 Å². The summed E-state index contributed by atoms with van der Waals surface area (Å²) < 4.78 is 5.25. The number of carbonyl (C=O) groups is 1. The summed E-state index contributed by atoms with van der Waals surface area (Å²) in [5, 5.41) is 2.54. The Morgan fingerprint density at radius 2 is 1.43 bits per heavy atom. The van der Waals surface area contributed by atoms with Gasteiger partial charge in [-0.15, -0.1) is 0 Å². The number of nitrogens with one attached hydrogen (secondary N) is 1. The molecule has 6 nitrogen and oxygen atoms in total. The first-order chi connectivity index (χ1) is 13.7. The summed E-state index contributed by atoms with van der Waals surface area (Å²) in [6.45, 7) is 10.3. The highest BCUT2D eigenvalue weighted by Gasteiger charge is 2.41. The first-order valence-electron chi connectivity index (χ1n) is 11.8. The molecule has 0 aromatic carbocycles. The molecule has 3 aliphatic rings. The molecule has 3 rings (SSSR count). The SMILES string of the molecule is CNC(=O)OCCCN1CCCCC1(CN1CCCCC1)CN1CCCCC1. The Morgan fingerprint density at radius 1 is 0.857 bits per heavy atom. The Morgan fingerprint density at radius 3 is 2.00 bits per heavy atom. The Kier molecular flexibility index (Phi) is 8.87. The molecular formula is C22H42N4O2. The van der Waals surface area contributed by atoms with Crippen molar-refractivity contribution in [1.82, 2.24) is 20.0 Å². The molecule has 3 heterocycles.